The van der Waals surface area contributed by atoms with Gasteiger partial charge in [0.2, 0.25) is 5.89 Å². The van der Waals surface area contributed by atoms with E-state index in [0.29, 0.717) is 24.7 Å². The molecule has 0 saturated heterocycles. The molecule has 0 radical (unpaired) electrons. The minimum absolute atomic E-state index is 0.0908. The van der Waals surface area contributed by atoms with Crippen molar-refractivity contribution in [3.8, 4) is 11.5 Å². The van der Waals surface area contributed by atoms with Crippen molar-refractivity contribution < 1.29 is 19.1 Å². The molecule has 1 fully saturated rings. The Bertz CT molecular complexity index is 730. The van der Waals surface area contributed by atoms with Crippen LogP contribution in [0, 0.1) is 5.92 Å². The minimum Gasteiger partial charge on any atom is -0.480 e. The van der Waals surface area contributed by atoms with Crippen LogP contribution in [0.3, 0.4) is 0 Å². The number of carbonyl (C=O) groups is 2. The van der Waals surface area contributed by atoms with E-state index in [1.165, 1.54) is 6.26 Å². The van der Waals surface area contributed by atoms with Gasteiger partial charge in [-0.3, -0.25) is 4.79 Å². The van der Waals surface area contributed by atoms with E-state index in [4.69, 9.17) is 4.42 Å². The summed E-state index contributed by atoms with van der Waals surface area (Å²) in [5.41, 5.74) is -0.362. The Labute approximate surface area is 139 Å². The van der Waals surface area contributed by atoms with Gasteiger partial charge in [0.25, 0.3) is 5.91 Å². The molecular weight excluding hydrogens is 308 g/mol. The first-order valence-electron chi connectivity index (χ1n) is 8.07. The van der Waals surface area contributed by atoms with Crippen molar-refractivity contribution in [3.63, 3.8) is 0 Å². The number of aromatic nitrogens is 1. The molecule has 3 rings (SSSR count). The third-order valence-electron chi connectivity index (χ3n) is 4.65. The van der Waals surface area contributed by atoms with Gasteiger partial charge in [0.1, 0.15) is 11.8 Å². The number of nitrogens with one attached hydrogen (secondary N) is 1. The van der Waals surface area contributed by atoms with Crippen LogP contribution in [0.2, 0.25) is 0 Å². The molecule has 0 bridgehead atoms. The number of aliphatic carboxylic acids is 1. The fraction of sp³-hybridized carbons (Fsp3) is 0.389. The maximum atomic E-state index is 12.5. The van der Waals surface area contributed by atoms with Gasteiger partial charge in [-0.25, -0.2) is 9.78 Å². The third-order valence-corrected chi connectivity index (χ3v) is 4.65. The van der Waals surface area contributed by atoms with Gasteiger partial charge in [-0.15, -0.1) is 0 Å². The summed E-state index contributed by atoms with van der Waals surface area (Å²) < 4.78 is 5.35. The molecule has 1 amide bonds. The molecule has 1 heterocycles. The van der Waals surface area contributed by atoms with E-state index in [9.17, 15) is 14.7 Å². The molecule has 1 aliphatic rings. The maximum Gasteiger partial charge on any atom is 0.329 e. The van der Waals surface area contributed by atoms with Crippen LogP contribution >= 0.6 is 0 Å². The number of hydrogen-bond donors (Lipinski definition) is 2. The summed E-state index contributed by atoms with van der Waals surface area (Å²) in [4.78, 5) is 28.3. The SMILES string of the molecule is CC1CCC(NC(=O)c2coc(-c3ccccc3)n2)(C(=O)O)CC1. The summed E-state index contributed by atoms with van der Waals surface area (Å²) in [7, 11) is 0. The van der Waals surface area contributed by atoms with Crippen LogP contribution in [0.1, 0.15) is 43.1 Å². The molecule has 6 heteroatoms. The minimum atomic E-state index is -1.21. The number of carboxylic acids is 1. The Morgan fingerprint density at radius 1 is 1.25 bits per heavy atom. The van der Waals surface area contributed by atoms with Crippen LogP contribution in [0.4, 0.5) is 0 Å². The zero-order valence-corrected chi connectivity index (χ0v) is 13.5. The highest BCUT2D eigenvalue weighted by Gasteiger charge is 2.43. The number of amides is 1. The Morgan fingerprint density at radius 3 is 2.54 bits per heavy atom. The monoisotopic (exact) mass is 328 g/mol. The number of nitrogens with zero attached hydrogens (tertiary/aromatic N) is 1. The number of carbonyl (C=O) groups excluding carboxylic acids is 1. The molecule has 6 nitrogen and oxygen atoms in total. The van der Waals surface area contributed by atoms with Crippen LogP contribution in [0.25, 0.3) is 11.5 Å². The Hall–Kier alpha value is -2.63. The highest BCUT2D eigenvalue weighted by Crippen LogP contribution is 2.32. The van der Waals surface area contributed by atoms with Crippen molar-refractivity contribution in [1.29, 1.82) is 0 Å². The van der Waals surface area contributed by atoms with E-state index in [2.05, 4.69) is 17.2 Å². The van der Waals surface area contributed by atoms with Gasteiger partial charge in [-0.05, 0) is 43.7 Å². The molecule has 2 N–H and O–H groups in total. The molecule has 0 spiro atoms. The number of hydrogen-bond acceptors (Lipinski definition) is 4. The van der Waals surface area contributed by atoms with Gasteiger partial charge >= 0.3 is 5.97 Å². The fourth-order valence-corrected chi connectivity index (χ4v) is 3.02. The smallest absolute Gasteiger partial charge is 0.329 e. The second-order valence-corrected chi connectivity index (χ2v) is 6.43. The molecule has 1 saturated carbocycles. The predicted molar refractivity (Wildman–Crippen MR) is 87.4 cm³/mol. The van der Waals surface area contributed by atoms with Crippen molar-refractivity contribution in [3.05, 3.63) is 42.3 Å². The molecule has 0 unspecified atom stereocenters. The fourth-order valence-electron chi connectivity index (χ4n) is 3.02. The summed E-state index contributed by atoms with van der Waals surface area (Å²) in [5.74, 6) is -0.694. The highest BCUT2D eigenvalue weighted by molar-refractivity contribution is 5.96. The zero-order chi connectivity index (χ0) is 17.2. The number of oxazole rings is 1. The van der Waals surface area contributed by atoms with Gasteiger partial charge in [0, 0.05) is 5.56 Å². The van der Waals surface area contributed by atoms with Crippen molar-refractivity contribution in [2.24, 2.45) is 5.92 Å². The Balaban J connectivity index is 1.77. The molecule has 1 aromatic heterocycles. The van der Waals surface area contributed by atoms with Gasteiger partial charge in [-0.1, -0.05) is 25.1 Å². The maximum absolute atomic E-state index is 12.5. The lowest BCUT2D eigenvalue weighted by molar-refractivity contribution is -0.146. The lowest BCUT2D eigenvalue weighted by atomic mass is 9.77. The van der Waals surface area contributed by atoms with E-state index < -0.39 is 17.4 Å². The van der Waals surface area contributed by atoms with E-state index >= 15 is 0 Å². The largest absolute Gasteiger partial charge is 0.480 e. The zero-order valence-electron chi connectivity index (χ0n) is 13.5. The quantitative estimate of drug-likeness (QED) is 0.899. The van der Waals surface area contributed by atoms with Gasteiger partial charge in [-0.2, -0.15) is 0 Å². The average Bonchev–Trinajstić information content (AvgIpc) is 3.08. The molecular formula is C18H20N2O4. The van der Waals surface area contributed by atoms with E-state index in [1.54, 1.807) is 0 Å². The van der Waals surface area contributed by atoms with Crippen molar-refractivity contribution in [2.75, 3.05) is 0 Å². The molecule has 24 heavy (non-hydrogen) atoms. The molecule has 126 valence electrons. The molecule has 0 atom stereocenters. The van der Waals surface area contributed by atoms with Crippen LogP contribution in [-0.4, -0.2) is 27.5 Å². The van der Waals surface area contributed by atoms with Crippen molar-refractivity contribution in [1.82, 2.24) is 10.3 Å². The summed E-state index contributed by atoms with van der Waals surface area (Å²) in [6, 6.07) is 9.23. The molecule has 1 aliphatic carbocycles. The van der Waals surface area contributed by atoms with Crippen LogP contribution in [-0.2, 0) is 4.79 Å². The van der Waals surface area contributed by atoms with Crippen molar-refractivity contribution in [2.45, 2.75) is 38.1 Å². The lowest BCUT2D eigenvalue weighted by Crippen LogP contribution is -2.56. The van der Waals surface area contributed by atoms with Crippen molar-refractivity contribution >= 4 is 11.9 Å². The second kappa shape index (κ2) is 6.47. The van der Waals surface area contributed by atoms with E-state index in [0.717, 1.165) is 18.4 Å². The van der Waals surface area contributed by atoms with Gasteiger partial charge < -0.3 is 14.8 Å². The first-order valence-corrected chi connectivity index (χ1v) is 8.07. The summed E-state index contributed by atoms with van der Waals surface area (Å²) in [6.45, 7) is 2.09. The normalized spacial score (nSPS) is 23.6. The van der Waals surface area contributed by atoms with E-state index in [1.807, 2.05) is 30.3 Å². The Morgan fingerprint density at radius 2 is 1.92 bits per heavy atom. The van der Waals surface area contributed by atoms with Gasteiger partial charge in [0.15, 0.2) is 5.69 Å². The molecule has 0 aliphatic heterocycles. The summed E-state index contributed by atoms with van der Waals surface area (Å²) >= 11 is 0. The predicted octanol–water partition coefficient (Wildman–Crippen LogP) is 3.10. The highest BCUT2D eigenvalue weighted by atomic mass is 16.4. The topological polar surface area (TPSA) is 92.4 Å². The number of benzene rings is 1. The third kappa shape index (κ3) is 3.18. The van der Waals surface area contributed by atoms with Crippen LogP contribution in [0.5, 0.6) is 0 Å². The number of carboxylic acid groups (broad SMARTS) is 1. The average molecular weight is 328 g/mol. The van der Waals surface area contributed by atoms with E-state index in [-0.39, 0.29) is 5.69 Å². The summed E-state index contributed by atoms with van der Waals surface area (Å²) in [6.07, 6.45) is 3.68. The number of rotatable bonds is 4. The lowest BCUT2D eigenvalue weighted by Gasteiger charge is -2.36. The van der Waals surface area contributed by atoms with Crippen LogP contribution in [0.15, 0.2) is 41.0 Å². The standard InChI is InChI=1S/C18H20N2O4/c1-12-7-9-18(10-8-12,17(22)23)20-15(21)14-11-24-16(19-14)13-5-3-2-4-6-13/h2-6,11-12H,7-10H2,1H3,(H,20,21)(H,22,23). The summed E-state index contributed by atoms with van der Waals surface area (Å²) in [5, 5.41) is 12.3. The first-order chi connectivity index (χ1) is 11.5. The first kappa shape index (κ1) is 16.2. The molecule has 1 aromatic carbocycles. The second-order valence-electron chi connectivity index (χ2n) is 6.43. The van der Waals surface area contributed by atoms with Gasteiger partial charge in [0.05, 0.1) is 0 Å². The molecule has 2 aromatic rings. The van der Waals surface area contributed by atoms with Crippen LogP contribution < -0.4 is 5.32 Å². The Kier molecular flexibility index (Phi) is 4.38.